The lowest BCUT2D eigenvalue weighted by molar-refractivity contribution is -0.0264. The summed E-state index contributed by atoms with van der Waals surface area (Å²) in [5.74, 6) is 1.29. The molecule has 2 rings (SSSR count). The minimum absolute atomic E-state index is 0.0689. The molecule has 6 heteroatoms. The predicted octanol–water partition coefficient (Wildman–Crippen LogP) is 0.743. The van der Waals surface area contributed by atoms with Gasteiger partial charge in [0, 0.05) is 13.1 Å². The number of hydrogen-bond acceptors (Lipinski definition) is 6. The second kappa shape index (κ2) is 5.57. The molecule has 0 spiro atoms. The predicted molar refractivity (Wildman–Crippen MR) is 62.6 cm³/mol. The zero-order valence-electron chi connectivity index (χ0n) is 10.6. The highest BCUT2D eigenvalue weighted by Crippen LogP contribution is 2.21. The molecule has 6 nitrogen and oxygen atoms in total. The first-order valence-corrected chi connectivity index (χ1v) is 6.05. The maximum Gasteiger partial charge on any atom is 0.243 e. The van der Waals surface area contributed by atoms with Gasteiger partial charge in [-0.3, -0.25) is 0 Å². The molecule has 0 aliphatic carbocycles. The summed E-state index contributed by atoms with van der Waals surface area (Å²) in [6.07, 6.45) is 0.851. The molecule has 0 saturated carbocycles. The lowest BCUT2D eigenvalue weighted by atomic mass is 10.2. The molecule has 96 valence electrons. The second-order valence-electron chi connectivity index (χ2n) is 4.36. The van der Waals surface area contributed by atoms with Gasteiger partial charge in [-0.2, -0.15) is 4.98 Å². The Labute approximate surface area is 101 Å². The smallest absolute Gasteiger partial charge is 0.243 e. The zero-order chi connectivity index (χ0) is 12.3. The van der Waals surface area contributed by atoms with Gasteiger partial charge in [-0.1, -0.05) is 12.1 Å². The van der Waals surface area contributed by atoms with E-state index < -0.39 is 0 Å². The minimum atomic E-state index is -0.0689. The van der Waals surface area contributed by atoms with Crippen molar-refractivity contribution >= 4 is 0 Å². The van der Waals surface area contributed by atoms with Crippen molar-refractivity contribution in [1.29, 1.82) is 0 Å². The van der Waals surface area contributed by atoms with Crippen LogP contribution in [0.4, 0.5) is 0 Å². The summed E-state index contributed by atoms with van der Waals surface area (Å²) in [4.78, 5) is 6.63. The number of morpholine rings is 1. The third-order valence-corrected chi connectivity index (χ3v) is 3.07. The van der Waals surface area contributed by atoms with Crippen LogP contribution < -0.4 is 5.32 Å². The van der Waals surface area contributed by atoms with Gasteiger partial charge in [0.05, 0.1) is 12.6 Å². The largest absolute Gasteiger partial charge is 0.367 e. The topological polar surface area (TPSA) is 63.4 Å². The Morgan fingerprint density at radius 2 is 2.41 bits per heavy atom. The van der Waals surface area contributed by atoms with Gasteiger partial charge in [-0.15, -0.1) is 0 Å². The number of likely N-dealkylation sites (N-methyl/N-ethyl adjacent to an activating group) is 1. The summed E-state index contributed by atoms with van der Waals surface area (Å²) < 4.78 is 10.9. The van der Waals surface area contributed by atoms with E-state index in [1.165, 1.54) is 0 Å². The van der Waals surface area contributed by atoms with Crippen molar-refractivity contribution in [2.24, 2.45) is 0 Å². The van der Waals surface area contributed by atoms with E-state index in [0.29, 0.717) is 18.3 Å². The van der Waals surface area contributed by atoms with Crippen LogP contribution in [0.15, 0.2) is 4.52 Å². The van der Waals surface area contributed by atoms with E-state index in [-0.39, 0.29) is 12.1 Å². The molecule has 0 bridgehead atoms. The Morgan fingerprint density at radius 1 is 1.59 bits per heavy atom. The molecule has 1 N–H and O–H groups in total. The Bertz CT molecular complexity index is 351. The highest BCUT2D eigenvalue weighted by atomic mass is 16.5. The number of ether oxygens (including phenoxy) is 1. The summed E-state index contributed by atoms with van der Waals surface area (Å²) in [7, 11) is 3.96. The Kier molecular flexibility index (Phi) is 4.09. The maximum absolute atomic E-state index is 5.65. The Morgan fingerprint density at radius 3 is 3.06 bits per heavy atom. The molecule has 1 aliphatic rings. The average molecular weight is 240 g/mol. The van der Waals surface area contributed by atoms with Crippen molar-refractivity contribution in [2.75, 3.05) is 33.8 Å². The van der Waals surface area contributed by atoms with Crippen molar-refractivity contribution in [1.82, 2.24) is 20.4 Å². The monoisotopic (exact) mass is 240 g/mol. The normalized spacial score (nSPS) is 23.8. The lowest BCUT2D eigenvalue weighted by Crippen LogP contribution is -2.35. The maximum atomic E-state index is 5.65. The third kappa shape index (κ3) is 2.83. The number of aromatic nitrogens is 2. The van der Waals surface area contributed by atoms with E-state index in [9.17, 15) is 0 Å². The molecule has 1 aromatic heterocycles. The molecule has 0 amide bonds. The van der Waals surface area contributed by atoms with Crippen LogP contribution in [0.3, 0.4) is 0 Å². The van der Waals surface area contributed by atoms with Crippen LogP contribution in [0.25, 0.3) is 0 Å². The molecule has 0 radical (unpaired) electrons. The van der Waals surface area contributed by atoms with Crippen molar-refractivity contribution < 1.29 is 9.26 Å². The fraction of sp³-hybridized carbons (Fsp3) is 0.818. The van der Waals surface area contributed by atoms with Gasteiger partial charge in [0.2, 0.25) is 11.7 Å². The summed E-state index contributed by atoms with van der Waals surface area (Å²) in [6, 6.07) is 0.123. The third-order valence-electron chi connectivity index (χ3n) is 3.07. The van der Waals surface area contributed by atoms with Crippen molar-refractivity contribution in [3.8, 4) is 0 Å². The van der Waals surface area contributed by atoms with Gasteiger partial charge in [0.15, 0.2) is 0 Å². The number of rotatable bonds is 4. The van der Waals surface area contributed by atoms with Gasteiger partial charge in [-0.25, -0.2) is 0 Å². The molecule has 17 heavy (non-hydrogen) atoms. The van der Waals surface area contributed by atoms with E-state index in [0.717, 1.165) is 19.5 Å². The van der Waals surface area contributed by atoms with Crippen LogP contribution in [-0.2, 0) is 4.74 Å². The molecule has 1 aromatic rings. The van der Waals surface area contributed by atoms with Gasteiger partial charge in [-0.05, 0) is 20.5 Å². The van der Waals surface area contributed by atoms with E-state index >= 15 is 0 Å². The molecule has 1 aliphatic heterocycles. The minimum Gasteiger partial charge on any atom is -0.367 e. The van der Waals surface area contributed by atoms with Crippen LogP contribution in [0.1, 0.15) is 37.2 Å². The fourth-order valence-corrected chi connectivity index (χ4v) is 1.96. The van der Waals surface area contributed by atoms with Crippen LogP contribution >= 0.6 is 0 Å². The number of hydrogen-bond donors (Lipinski definition) is 1. The fourth-order valence-electron chi connectivity index (χ4n) is 1.96. The van der Waals surface area contributed by atoms with E-state index in [1.807, 2.05) is 7.05 Å². The second-order valence-corrected chi connectivity index (χ2v) is 4.36. The van der Waals surface area contributed by atoms with Crippen LogP contribution in [0.2, 0.25) is 0 Å². The first-order chi connectivity index (χ1) is 8.24. The first kappa shape index (κ1) is 12.5. The zero-order valence-corrected chi connectivity index (χ0v) is 10.6. The molecule has 2 unspecified atom stereocenters. The highest BCUT2D eigenvalue weighted by molar-refractivity contribution is 4.97. The molecule has 1 fully saturated rings. The molecule has 2 atom stereocenters. The Hall–Kier alpha value is -0.980. The molecular weight excluding hydrogens is 220 g/mol. The first-order valence-electron chi connectivity index (χ1n) is 6.05. The van der Waals surface area contributed by atoms with Crippen LogP contribution in [0, 0.1) is 0 Å². The summed E-state index contributed by atoms with van der Waals surface area (Å²) in [6.45, 7) is 4.56. The number of nitrogens with zero attached hydrogens (tertiary/aromatic N) is 3. The molecule has 0 aromatic carbocycles. The van der Waals surface area contributed by atoms with Crippen molar-refractivity contribution in [3.05, 3.63) is 11.7 Å². The lowest BCUT2D eigenvalue weighted by Gasteiger charge is -2.27. The SMILES string of the molecule is CCC(NC)c1nc(C2CN(C)CCO2)no1. The quantitative estimate of drug-likeness (QED) is 0.837. The van der Waals surface area contributed by atoms with E-state index in [4.69, 9.17) is 9.26 Å². The molecule has 2 heterocycles. The standard InChI is InChI=1S/C11H20N4O2/c1-4-8(12-2)11-13-10(14-17-11)9-7-15(3)5-6-16-9/h8-9,12H,4-7H2,1-3H3. The van der Waals surface area contributed by atoms with Crippen LogP contribution in [-0.4, -0.2) is 48.8 Å². The van der Waals surface area contributed by atoms with Crippen molar-refractivity contribution in [2.45, 2.75) is 25.5 Å². The van der Waals surface area contributed by atoms with Gasteiger partial charge >= 0.3 is 0 Å². The van der Waals surface area contributed by atoms with Gasteiger partial charge in [0.1, 0.15) is 6.10 Å². The Balaban J connectivity index is 2.06. The number of nitrogens with one attached hydrogen (secondary N) is 1. The molecular formula is C11H20N4O2. The average Bonchev–Trinajstić information content (AvgIpc) is 2.80. The van der Waals surface area contributed by atoms with E-state index in [2.05, 4.69) is 34.3 Å². The summed E-state index contributed by atoms with van der Waals surface area (Å²) in [5, 5.41) is 7.16. The van der Waals surface area contributed by atoms with Gasteiger partial charge < -0.3 is 19.5 Å². The van der Waals surface area contributed by atoms with E-state index in [1.54, 1.807) is 0 Å². The van der Waals surface area contributed by atoms with Gasteiger partial charge in [0.25, 0.3) is 0 Å². The molecule has 1 saturated heterocycles. The van der Waals surface area contributed by atoms with Crippen molar-refractivity contribution in [3.63, 3.8) is 0 Å². The summed E-state index contributed by atoms with van der Waals surface area (Å²) in [5.41, 5.74) is 0. The van der Waals surface area contributed by atoms with Crippen LogP contribution in [0.5, 0.6) is 0 Å². The highest BCUT2D eigenvalue weighted by Gasteiger charge is 2.25. The summed E-state index contributed by atoms with van der Waals surface area (Å²) >= 11 is 0.